The molecule has 50 heavy (non-hydrogen) atoms. The van der Waals surface area contributed by atoms with E-state index < -0.39 is 88.6 Å². The summed E-state index contributed by atoms with van der Waals surface area (Å²) >= 11 is 0. The normalized spacial score (nSPS) is 13.2. The van der Waals surface area contributed by atoms with Gasteiger partial charge in [0, 0.05) is 16.5 Å². The fourth-order valence-corrected chi connectivity index (χ4v) is 7.56. The summed E-state index contributed by atoms with van der Waals surface area (Å²) in [6, 6.07) is 10.5. The van der Waals surface area contributed by atoms with E-state index in [1.165, 1.54) is 31.2 Å². The molecule has 5 rings (SSSR count). The molecule has 5 aromatic carbocycles. The van der Waals surface area contributed by atoms with Gasteiger partial charge in [-0.15, -0.1) is 15.3 Å². The predicted octanol–water partition coefficient (Wildman–Crippen LogP) is 5.11. The predicted molar refractivity (Wildman–Crippen MR) is 174 cm³/mol. The van der Waals surface area contributed by atoms with E-state index in [4.69, 9.17) is 5.73 Å². The molecule has 0 aliphatic heterocycles. The lowest BCUT2D eigenvalue weighted by molar-refractivity contribution is 0.471. The third kappa shape index (κ3) is 6.83. The first kappa shape index (κ1) is 36.1. The summed E-state index contributed by atoms with van der Waals surface area (Å²) in [7, 11) is -20.0. The topological polar surface area (TPSA) is 333 Å². The smallest absolute Gasteiger partial charge is 0.296 e. The van der Waals surface area contributed by atoms with Crippen LogP contribution in [0.5, 0.6) is 11.5 Å². The Balaban J connectivity index is 1.67. The molecule has 0 fully saturated rings. The molecule has 0 heterocycles. The SMILES string of the molecule is Cc1c(S(=O)(=O)O)cc2cc(S(=O)(=O)O)c(N=Nc3ccc4c(O)c(N=Nc5ccccc5S(=O)(=O)O)c(S(=O)(=O)O)cc4c3)c(O)c2c1N. The molecular weight excluding hydrogens is 747 g/mol. The van der Waals surface area contributed by atoms with Gasteiger partial charge in [-0.1, -0.05) is 12.1 Å². The first-order chi connectivity index (χ1) is 23.0. The molecule has 0 radical (unpaired) electrons. The Kier molecular flexibility index (Phi) is 8.91. The summed E-state index contributed by atoms with van der Waals surface area (Å²) in [6.45, 7) is 1.20. The Hall–Kier alpha value is -5.14. The molecule has 0 atom stereocenters. The van der Waals surface area contributed by atoms with Gasteiger partial charge in [0.25, 0.3) is 40.5 Å². The molecule has 23 heteroatoms. The molecule has 0 unspecified atom stereocenters. The zero-order valence-electron chi connectivity index (χ0n) is 24.7. The monoisotopic (exact) mass is 767 g/mol. The van der Waals surface area contributed by atoms with Crippen molar-refractivity contribution in [3.05, 3.63) is 66.2 Å². The highest BCUT2D eigenvalue weighted by molar-refractivity contribution is 7.86. The molecule has 19 nitrogen and oxygen atoms in total. The summed E-state index contributed by atoms with van der Waals surface area (Å²) in [6.07, 6.45) is 0. The first-order valence-electron chi connectivity index (χ1n) is 13.2. The van der Waals surface area contributed by atoms with Crippen molar-refractivity contribution in [2.75, 3.05) is 5.73 Å². The van der Waals surface area contributed by atoms with E-state index in [1.54, 1.807) is 0 Å². The van der Waals surface area contributed by atoms with Crippen LogP contribution < -0.4 is 5.73 Å². The fraction of sp³-hybridized carbons (Fsp3) is 0.0370. The Morgan fingerprint density at radius 1 is 0.560 bits per heavy atom. The van der Waals surface area contributed by atoms with Crippen LogP contribution in [-0.2, 0) is 40.5 Å². The molecule has 5 aromatic rings. The number of phenols is 2. The van der Waals surface area contributed by atoms with Gasteiger partial charge >= 0.3 is 0 Å². The van der Waals surface area contributed by atoms with E-state index in [0.29, 0.717) is 0 Å². The fourth-order valence-electron chi connectivity index (χ4n) is 4.85. The number of hydrogen-bond donors (Lipinski definition) is 7. The van der Waals surface area contributed by atoms with Crippen LogP contribution in [0.1, 0.15) is 5.56 Å². The van der Waals surface area contributed by atoms with Gasteiger partial charge in [0.2, 0.25) is 0 Å². The Bertz CT molecular complexity index is 2800. The number of anilines is 1. The third-order valence-electron chi connectivity index (χ3n) is 7.13. The number of fused-ring (bicyclic) bond motifs is 2. The van der Waals surface area contributed by atoms with Gasteiger partial charge in [0.1, 0.15) is 31.7 Å². The van der Waals surface area contributed by atoms with Gasteiger partial charge in [-0.3, -0.25) is 18.2 Å². The van der Waals surface area contributed by atoms with Gasteiger partial charge < -0.3 is 15.9 Å². The van der Waals surface area contributed by atoms with Gasteiger partial charge in [-0.05, 0) is 71.8 Å². The van der Waals surface area contributed by atoms with Crippen molar-refractivity contribution in [2.45, 2.75) is 26.5 Å². The van der Waals surface area contributed by atoms with Crippen molar-refractivity contribution < 1.29 is 62.1 Å². The van der Waals surface area contributed by atoms with E-state index in [1.807, 2.05) is 0 Å². The summed E-state index contributed by atoms with van der Waals surface area (Å²) in [5, 5.41) is 35.9. The summed E-state index contributed by atoms with van der Waals surface area (Å²) < 4.78 is 135. The van der Waals surface area contributed by atoms with Crippen LogP contribution in [0.3, 0.4) is 0 Å². The van der Waals surface area contributed by atoms with Crippen LogP contribution in [0.2, 0.25) is 0 Å². The molecular formula is C27H21N5O14S4. The molecule has 0 aliphatic rings. The van der Waals surface area contributed by atoms with Crippen molar-refractivity contribution in [1.29, 1.82) is 0 Å². The Morgan fingerprint density at radius 3 is 1.64 bits per heavy atom. The van der Waals surface area contributed by atoms with Crippen LogP contribution >= 0.6 is 0 Å². The average molecular weight is 768 g/mol. The number of rotatable bonds is 8. The van der Waals surface area contributed by atoms with Crippen LogP contribution in [0.4, 0.5) is 28.4 Å². The highest BCUT2D eigenvalue weighted by atomic mass is 32.2. The summed E-state index contributed by atoms with van der Waals surface area (Å²) in [4.78, 5) is -3.44. The maximum atomic E-state index is 12.3. The van der Waals surface area contributed by atoms with Gasteiger partial charge in [-0.2, -0.15) is 38.8 Å². The lowest BCUT2D eigenvalue weighted by Crippen LogP contribution is -2.05. The number of benzene rings is 5. The third-order valence-corrected chi connectivity index (χ3v) is 10.7. The molecule has 0 spiro atoms. The molecule has 0 amide bonds. The zero-order valence-corrected chi connectivity index (χ0v) is 28.0. The molecule has 0 saturated heterocycles. The van der Waals surface area contributed by atoms with Gasteiger partial charge in [-0.25, -0.2) is 0 Å². The second kappa shape index (κ2) is 12.3. The van der Waals surface area contributed by atoms with Crippen molar-refractivity contribution in [2.24, 2.45) is 20.5 Å². The van der Waals surface area contributed by atoms with Gasteiger partial charge in [0.15, 0.2) is 11.5 Å². The average Bonchev–Trinajstić information content (AvgIpc) is 2.99. The lowest BCUT2D eigenvalue weighted by atomic mass is 10.0. The summed E-state index contributed by atoms with van der Waals surface area (Å²) in [5.41, 5.74) is 3.12. The molecule has 0 saturated carbocycles. The molecule has 0 aliphatic carbocycles. The van der Waals surface area contributed by atoms with E-state index in [0.717, 1.165) is 36.4 Å². The minimum Gasteiger partial charge on any atom is -0.505 e. The van der Waals surface area contributed by atoms with E-state index in [-0.39, 0.29) is 38.5 Å². The Labute approximate surface area is 282 Å². The first-order valence-corrected chi connectivity index (χ1v) is 19.0. The van der Waals surface area contributed by atoms with E-state index >= 15 is 0 Å². The number of nitrogens with two attached hydrogens (primary N) is 1. The highest BCUT2D eigenvalue weighted by Gasteiger charge is 2.27. The number of azo groups is 2. The van der Waals surface area contributed by atoms with Crippen molar-refractivity contribution >= 4 is 90.5 Å². The standard InChI is InChI=1S/C27H21N5O14S4/c1-12-19(48(38,39)40)10-14-11-21(50(44,45)46)25(27(34)22(14)23(12)28)31-29-15-6-7-16-13(8-15)9-20(49(41,42)43)24(26(16)33)32-30-17-4-2-3-5-18(17)47(35,36)37/h2-11,33-34H,28H2,1H3,(H,35,36,37)(H,38,39,40)(H,41,42,43)(H,44,45,46). The second-order valence-corrected chi connectivity index (χ2v) is 15.9. The van der Waals surface area contributed by atoms with Crippen LogP contribution in [0, 0.1) is 6.92 Å². The number of aromatic hydroxyl groups is 2. The maximum Gasteiger partial charge on any atom is 0.296 e. The quantitative estimate of drug-likeness (QED) is 0.0612. The maximum absolute atomic E-state index is 12.3. The molecule has 0 bridgehead atoms. The van der Waals surface area contributed by atoms with E-state index in [2.05, 4.69) is 20.5 Å². The van der Waals surface area contributed by atoms with Crippen LogP contribution in [-0.4, -0.2) is 62.1 Å². The van der Waals surface area contributed by atoms with E-state index in [9.17, 15) is 62.1 Å². The molecule has 0 aromatic heterocycles. The van der Waals surface area contributed by atoms with Gasteiger partial charge in [0.05, 0.1) is 10.6 Å². The summed E-state index contributed by atoms with van der Waals surface area (Å²) in [5.74, 6) is -1.82. The molecule has 8 N–H and O–H groups in total. The highest BCUT2D eigenvalue weighted by Crippen LogP contribution is 2.46. The zero-order chi connectivity index (χ0) is 37.1. The van der Waals surface area contributed by atoms with Crippen molar-refractivity contribution in [1.82, 2.24) is 0 Å². The van der Waals surface area contributed by atoms with Crippen molar-refractivity contribution in [3.8, 4) is 11.5 Å². The number of nitrogens with zero attached hydrogens (tertiary/aromatic N) is 4. The van der Waals surface area contributed by atoms with Crippen LogP contribution in [0.15, 0.2) is 101 Å². The minimum absolute atomic E-state index is 0.113. The Morgan fingerprint density at radius 2 is 1.06 bits per heavy atom. The number of hydrogen-bond acceptors (Lipinski definition) is 15. The largest absolute Gasteiger partial charge is 0.505 e. The van der Waals surface area contributed by atoms with Crippen molar-refractivity contribution in [3.63, 3.8) is 0 Å². The second-order valence-electron chi connectivity index (χ2n) is 10.3. The molecule has 262 valence electrons. The van der Waals surface area contributed by atoms with Crippen LogP contribution in [0.25, 0.3) is 21.5 Å². The lowest BCUT2D eigenvalue weighted by Gasteiger charge is -2.14. The minimum atomic E-state index is -5.19. The number of nitrogen functional groups attached to an aromatic ring is 1. The number of phenolic OH excluding ortho intramolecular Hbond substituents is 2.